The van der Waals surface area contributed by atoms with Crippen molar-refractivity contribution in [1.82, 2.24) is 19.1 Å². The molecule has 3 aromatic heterocycles. The molecular formula is C52H32N4. The van der Waals surface area contributed by atoms with Gasteiger partial charge in [0.15, 0.2) is 0 Å². The molecule has 0 fully saturated rings. The summed E-state index contributed by atoms with van der Waals surface area (Å²) in [6.45, 7) is 0. The molecule has 260 valence electrons. The summed E-state index contributed by atoms with van der Waals surface area (Å²) in [7, 11) is 0. The second kappa shape index (κ2) is 12.0. The van der Waals surface area contributed by atoms with E-state index in [1.165, 1.54) is 59.6 Å². The van der Waals surface area contributed by atoms with Crippen LogP contribution in [0, 0.1) is 0 Å². The lowest BCUT2D eigenvalue weighted by atomic mass is 10.00. The van der Waals surface area contributed by atoms with Crippen LogP contribution in [0.1, 0.15) is 0 Å². The van der Waals surface area contributed by atoms with Crippen molar-refractivity contribution in [2.75, 3.05) is 0 Å². The predicted octanol–water partition coefficient (Wildman–Crippen LogP) is 13.5. The summed E-state index contributed by atoms with van der Waals surface area (Å²) in [5, 5.41) is 9.96. The quantitative estimate of drug-likeness (QED) is 0.182. The number of fused-ring (bicyclic) bond motifs is 11. The molecule has 56 heavy (non-hydrogen) atoms. The van der Waals surface area contributed by atoms with Crippen LogP contribution in [0.3, 0.4) is 0 Å². The molecule has 0 unspecified atom stereocenters. The average Bonchev–Trinajstić information content (AvgIpc) is 3.79. The van der Waals surface area contributed by atoms with Crippen LogP contribution in [0.15, 0.2) is 194 Å². The van der Waals surface area contributed by atoms with Gasteiger partial charge in [0, 0.05) is 44.0 Å². The van der Waals surface area contributed by atoms with E-state index in [4.69, 9.17) is 9.97 Å². The molecule has 3 heterocycles. The smallest absolute Gasteiger partial charge is 0.0973 e. The first-order valence-corrected chi connectivity index (χ1v) is 19.1. The Labute approximate surface area is 322 Å². The summed E-state index contributed by atoms with van der Waals surface area (Å²) in [4.78, 5) is 10.7. The van der Waals surface area contributed by atoms with E-state index in [0.29, 0.717) is 0 Å². The second-order valence-electron chi connectivity index (χ2n) is 14.6. The van der Waals surface area contributed by atoms with Gasteiger partial charge in [-0.15, -0.1) is 0 Å². The van der Waals surface area contributed by atoms with Crippen LogP contribution in [-0.4, -0.2) is 19.1 Å². The Balaban J connectivity index is 1.12. The molecule has 4 nitrogen and oxygen atoms in total. The zero-order valence-electron chi connectivity index (χ0n) is 30.3. The third-order valence-corrected chi connectivity index (χ3v) is 11.5. The SMILES string of the molecule is c1ccc(-n2c3ccccc3c3ccc(-c4nc5ccccc5nc4-c4cccc(-n5c6ccc7ccccc7c6c6c7ccccc7ccc65)c4)cc32)cc1. The summed E-state index contributed by atoms with van der Waals surface area (Å²) < 4.78 is 4.78. The van der Waals surface area contributed by atoms with E-state index in [9.17, 15) is 0 Å². The van der Waals surface area contributed by atoms with Crippen molar-refractivity contribution >= 4 is 76.2 Å². The fourth-order valence-electron chi connectivity index (χ4n) is 8.99. The maximum absolute atomic E-state index is 5.38. The van der Waals surface area contributed by atoms with E-state index in [1.54, 1.807) is 0 Å². The number of aromatic nitrogens is 4. The Hall–Kier alpha value is -7.56. The number of hydrogen-bond acceptors (Lipinski definition) is 2. The van der Waals surface area contributed by atoms with Crippen LogP contribution >= 0.6 is 0 Å². The molecule has 0 saturated heterocycles. The van der Waals surface area contributed by atoms with Crippen molar-refractivity contribution in [3.8, 4) is 33.9 Å². The van der Waals surface area contributed by atoms with E-state index in [1.807, 2.05) is 12.1 Å². The Morgan fingerprint density at radius 1 is 0.304 bits per heavy atom. The van der Waals surface area contributed by atoms with Crippen molar-refractivity contribution in [3.05, 3.63) is 194 Å². The molecule has 0 N–H and O–H groups in total. The molecule has 0 aliphatic rings. The highest BCUT2D eigenvalue weighted by atomic mass is 15.0. The van der Waals surface area contributed by atoms with E-state index < -0.39 is 0 Å². The van der Waals surface area contributed by atoms with E-state index in [-0.39, 0.29) is 0 Å². The van der Waals surface area contributed by atoms with Gasteiger partial charge in [-0.2, -0.15) is 0 Å². The molecule has 0 atom stereocenters. The number of nitrogens with zero attached hydrogens (tertiary/aromatic N) is 4. The highest BCUT2D eigenvalue weighted by Crippen LogP contribution is 2.42. The van der Waals surface area contributed by atoms with Gasteiger partial charge in [-0.25, -0.2) is 9.97 Å². The van der Waals surface area contributed by atoms with Crippen molar-refractivity contribution in [2.45, 2.75) is 0 Å². The van der Waals surface area contributed by atoms with Crippen LogP contribution in [0.25, 0.3) is 110 Å². The largest absolute Gasteiger partial charge is 0.309 e. The Morgan fingerprint density at radius 2 is 0.821 bits per heavy atom. The molecule has 4 heteroatoms. The van der Waals surface area contributed by atoms with Crippen LogP contribution < -0.4 is 0 Å². The highest BCUT2D eigenvalue weighted by Gasteiger charge is 2.20. The first-order valence-electron chi connectivity index (χ1n) is 19.1. The lowest BCUT2D eigenvalue weighted by Gasteiger charge is -2.14. The standard InChI is InChI=1S/C52H32N4/c1-2-16-37(17-3-1)55-45-24-11-8-21-41(45)42-28-25-36(32-48(42)55)52-51(53-43-22-9-10-23-44(43)54-52)35-15-12-18-38(31-35)56-46-29-26-33-13-4-6-19-39(33)49(46)50-40-20-7-5-14-34(40)27-30-47(50)56/h1-32H. The predicted molar refractivity (Wildman–Crippen MR) is 234 cm³/mol. The maximum Gasteiger partial charge on any atom is 0.0973 e. The lowest BCUT2D eigenvalue weighted by Crippen LogP contribution is -1.98. The summed E-state index contributed by atoms with van der Waals surface area (Å²) in [6, 6.07) is 69.5. The van der Waals surface area contributed by atoms with Gasteiger partial charge in [-0.1, -0.05) is 133 Å². The third-order valence-electron chi connectivity index (χ3n) is 11.5. The first kappa shape index (κ1) is 30.9. The number of para-hydroxylation sites is 4. The minimum Gasteiger partial charge on any atom is -0.309 e. The number of benzene rings is 9. The number of rotatable bonds is 4. The normalized spacial score (nSPS) is 11.9. The van der Waals surface area contributed by atoms with E-state index in [0.717, 1.165) is 50.4 Å². The van der Waals surface area contributed by atoms with Crippen molar-refractivity contribution in [1.29, 1.82) is 0 Å². The zero-order valence-corrected chi connectivity index (χ0v) is 30.3. The topological polar surface area (TPSA) is 35.6 Å². The van der Waals surface area contributed by atoms with Gasteiger partial charge in [-0.05, 0) is 82.2 Å². The van der Waals surface area contributed by atoms with Crippen LogP contribution in [0.2, 0.25) is 0 Å². The molecule has 0 amide bonds. The van der Waals surface area contributed by atoms with Gasteiger partial charge in [0.2, 0.25) is 0 Å². The minimum absolute atomic E-state index is 0.851. The molecule has 12 aromatic rings. The fraction of sp³-hybridized carbons (Fsp3) is 0. The van der Waals surface area contributed by atoms with Gasteiger partial charge in [-0.3, -0.25) is 0 Å². The van der Waals surface area contributed by atoms with Crippen molar-refractivity contribution in [3.63, 3.8) is 0 Å². The monoisotopic (exact) mass is 712 g/mol. The second-order valence-corrected chi connectivity index (χ2v) is 14.6. The minimum atomic E-state index is 0.851. The molecule has 0 saturated carbocycles. The Bertz CT molecular complexity index is 3440. The Morgan fingerprint density at radius 3 is 1.50 bits per heavy atom. The first-order chi connectivity index (χ1) is 27.8. The highest BCUT2D eigenvalue weighted by molar-refractivity contribution is 6.28. The molecule has 0 bridgehead atoms. The lowest BCUT2D eigenvalue weighted by molar-refractivity contribution is 1.18. The molecular weight excluding hydrogens is 681 g/mol. The summed E-state index contributed by atoms with van der Waals surface area (Å²) >= 11 is 0. The van der Waals surface area contributed by atoms with Gasteiger partial charge >= 0.3 is 0 Å². The molecule has 0 spiro atoms. The van der Waals surface area contributed by atoms with Crippen LogP contribution in [0.4, 0.5) is 0 Å². The van der Waals surface area contributed by atoms with Crippen LogP contribution in [-0.2, 0) is 0 Å². The third kappa shape index (κ3) is 4.53. The molecule has 9 aromatic carbocycles. The van der Waals surface area contributed by atoms with Gasteiger partial charge in [0.1, 0.15) is 0 Å². The summed E-state index contributed by atoms with van der Waals surface area (Å²) in [5.41, 5.74) is 12.3. The Kier molecular flexibility index (Phi) is 6.60. The molecule has 0 aliphatic heterocycles. The number of hydrogen-bond donors (Lipinski definition) is 0. The van der Waals surface area contributed by atoms with Gasteiger partial charge in [0.25, 0.3) is 0 Å². The average molecular weight is 713 g/mol. The molecule has 0 aliphatic carbocycles. The maximum atomic E-state index is 5.38. The molecule has 0 radical (unpaired) electrons. The zero-order chi connectivity index (χ0) is 36.7. The van der Waals surface area contributed by atoms with Gasteiger partial charge in [0.05, 0.1) is 44.5 Å². The van der Waals surface area contributed by atoms with Crippen molar-refractivity contribution < 1.29 is 0 Å². The van der Waals surface area contributed by atoms with Crippen LogP contribution in [0.5, 0.6) is 0 Å². The van der Waals surface area contributed by atoms with E-state index >= 15 is 0 Å². The van der Waals surface area contributed by atoms with Crippen molar-refractivity contribution in [2.24, 2.45) is 0 Å². The molecule has 12 rings (SSSR count). The van der Waals surface area contributed by atoms with Gasteiger partial charge < -0.3 is 9.13 Å². The van der Waals surface area contributed by atoms with E-state index in [2.05, 4.69) is 191 Å². The fourth-order valence-corrected chi connectivity index (χ4v) is 8.99. The summed E-state index contributed by atoms with van der Waals surface area (Å²) in [6.07, 6.45) is 0. The summed E-state index contributed by atoms with van der Waals surface area (Å²) in [5.74, 6) is 0.